The van der Waals surface area contributed by atoms with Gasteiger partial charge >= 0.3 is 0 Å². The molecular weight excluding hydrogens is 120 g/mol. The van der Waals surface area contributed by atoms with E-state index in [0.717, 1.165) is 0 Å². The van der Waals surface area contributed by atoms with Gasteiger partial charge < -0.3 is 15.3 Å². The summed E-state index contributed by atoms with van der Waals surface area (Å²) in [6.45, 7) is 2.96. The normalized spacial score (nSPS) is 16.8. The van der Waals surface area contributed by atoms with E-state index in [-0.39, 0.29) is 0 Å². The lowest BCUT2D eigenvalue weighted by molar-refractivity contribution is -0.0119. The van der Waals surface area contributed by atoms with E-state index in [9.17, 15) is 0 Å². The lowest BCUT2D eigenvalue weighted by Crippen LogP contribution is -2.28. The SMILES string of the molecule is C=CCC(O)[C@H](O)CO. The van der Waals surface area contributed by atoms with Crippen LogP contribution in [-0.2, 0) is 0 Å². The molecule has 0 aliphatic heterocycles. The second-order valence-electron chi connectivity index (χ2n) is 1.84. The van der Waals surface area contributed by atoms with Crippen LogP contribution in [0.25, 0.3) is 0 Å². The van der Waals surface area contributed by atoms with Crippen molar-refractivity contribution in [1.29, 1.82) is 0 Å². The van der Waals surface area contributed by atoms with Crippen molar-refractivity contribution in [3.63, 3.8) is 0 Å². The summed E-state index contributed by atoms with van der Waals surface area (Å²) in [5.41, 5.74) is 0. The largest absolute Gasteiger partial charge is 0.394 e. The maximum Gasteiger partial charge on any atom is 0.103 e. The zero-order valence-corrected chi connectivity index (χ0v) is 5.20. The lowest BCUT2D eigenvalue weighted by atomic mass is 10.1. The Balaban J connectivity index is 3.44. The Morgan fingerprint density at radius 1 is 1.33 bits per heavy atom. The molecule has 0 saturated carbocycles. The molecule has 0 saturated heterocycles. The van der Waals surface area contributed by atoms with Gasteiger partial charge in [-0.25, -0.2) is 0 Å². The molecule has 54 valence electrons. The average molecular weight is 132 g/mol. The molecule has 3 heteroatoms. The van der Waals surface area contributed by atoms with Crippen molar-refractivity contribution >= 4 is 0 Å². The summed E-state index contributed by atoms with van der Waals surface area (Å²) in [4.78, 5) is 0. The van der Waals surface area contributed by atoms with E-state index in [1.807, 2.05) is 0 Å². The first-order valence-electron chi connectivity index (χ1n) is 2.80. The van der Waals surface area contributed by atoms with E-state index < -0.39 is 18.8 Å². The second kappa shape index (κ2) is 4.49. The van der Waals surface area contributed by atoms with Gasteiger partial charge in [0.15, 0.2) is 0 Å². The van der Waals surface area contributed by atoms with E-state index in [1.54, 1.807) is 0 Å². The third kappa shape index (κ3) is 3.24. The molecule has 0 aromatic carbocycles. The predicted octanol–water partition coefficient (Wildman–Crippen LogP) is -0.723. The minimum atomic E-state index is -1.04. The molecule has 0 spiro atoms. The zero-order chi connectivity index (χ0) is 7.28. The van der Waals surface area contributed by atoms with Crippen molar-refractivity contribution in [1.82, 2.24) is 0 Å². The highest BCUT2D eigenvalue weighted by atomic mass is 16.4. The molecule has 0 aliphatic rings. The number of hydrogen-bond donors (Lipinski definition) is 3. The molecule has 0 amide bonds. The quantitative estimate of drug-likeness (QED) is 0.442. The molecule has 0 aromatic rings. The third-order valence-corrected chi connectivity index (χ3v) is 1.04. The smallest absolute Gasteiger partial charge is 0.103 e. The molecule has 0 radical (unpaired) electrons. The third-order valence-electron chi connectivity index (χ3n) is 1.04. The summed E-state index contributed by atoms with van der Waals surface area (Å²) in [5, 5.41) is 25.8. The van der Waals surface area contributed by atoms with Gasteiger partial charge in [0.05, 0.1) is 12.7 Å². The molecule has 0 bridgehead atoms. The van der Waals surface area contributed by atoms with Crippen molar-refractivity contribution in [3.8, 4) is 0 Å². The molecule has 0 aliphatic carbocycles. The van der Waals surface area contributed by atoms with Gasteiger partial charge in [0, 0.05) is 0 Å². The van der Waals surface area contributed by atoms with Crippen molar-refractivity contribution in [2.75, 3.05) is 6.61 Å². The molecular formula is C6H12O3. The maximum atomic E-state index is 8.84. The molecule has 0 rings (SSSR count). The first-order valence-corrected chi connectivity index (χ1v) is 2.80. The molecule has 3 N–H and O–H groups in total. The van der Waals surface area contributed by atoms with Crippen LogP contribution in [0.5, 0.6) is 0 Å². The molecule has 0 heterocycles. The lowest BCUT2D eigenvalue weighted by Gasteiger charge is -2.12. The summed E-state index contributed by atoms with van der Waals surface area (Å²) >= 11 is 0. The van der Waals surface area contributed by atoms with Gasteiger partial charge in [-0.15, -0.1) is 6.58 Å². The average Bonchev–Trinajstić information content (AvgIpc) is 1.87. The van der Waals surface area contributed by atoms with E-state index >= 15 is 0 Å². The van der Waals surface area contributed by atoms with E-state index in [4.69, 9.17) is 15.3 Å². The standard InChI is InChI=1S/C6H12O3/c1-2-3-5(8)6(9)4-7/h2,5-9H,1,3-4H2/t5?,6-/m1/s1. The van der Waals surface area contributed by atoms with Crippen LogP contribution in [0.2, 0.25) is 0 Å². The Kier molecular flexibility index (Phi) is 4.30. The van der Waals surface area contributed by atoms with Gasteiger partial charge in [-0.05, 0) is 6.42 Å². The Hall–Kier alpha value is -0.380. The summed E-state index contributed by atoms with van der Waals surface area (Å²) in [6.07, 6.45) is -0.124. The number of hydrogen-bond acceptors (Lipinski definition) is 3. The fraction of sp³-hybridized carbons (Fsp3) is 0.667. The monoisotopic (exact) mass is 132 g/mol. The Morgan fingerprint density at radius 3 is 2.22 bits per heavy atom. The highest BCUT2D eigenvalue weighted by molar-refractivity contribution is 4.76. The maximum absolute atomic E-state index is 8.84. The van der Waals surface area contributed by atoms with Crippen LogP contribution in [-0.4, -0.2) is 34.1 Å². The molecule has 9 heavy (non-hydrogen) atoms. The second-order valence-corrected chi connectivity index (χ2v) is 1.84. The predicted molar refractivity (Wildman–Crippen MR) is 33.9 cm³/mol. The van der Waals surface area contributed by atoms with E-state index in [2.05, 4.69) is 6.58 Å². The fourth-order valence-corrected chi connectivity index (χ4v) is 0.450. The van der Waals surface area contributed by atoms with Crippen LogP contribution >= 0.6 is 0 Å². The van der Waals surface area contributed by atoms with E-state index in [1.165, 1.54) is 6.08 Å². The van der Waals surface area contributed by atoms with Gasteiger partial charge in [-0.3, -0.25) is 0 Å². The number of aliphatic hydroxyl groups is 3. The van der Waals surface area contributed by atoms with Gasteiger partial charge in [0.1, 0.15) is 6.10 Å². The van der Waals surface area contributed by atoms with Gasteiger partial charge in [-0.2, -0.15) is 0 Å². The van der Waals surface area contributed by atoms with Crippen molar-refractivity contribution in [2.45, 2.75) is 18.6 Å². The Bertz CT molecular complexity index is 82.4. The van der Waals surface area contributed by atoms with Crippen molar-refractivity contribution < 1.29 is 15.3 Å². The first-order chi connectivity index (χ1) is 4.22. The molecule has 2 atom stereocenters. The molecule has 1 unspecified atom stereocenters. The van der Waals surface area contributed by atoms with Gasteiger partial charge in [0.25, 0.3) is 0 Å². The minimum Gasteiger partial charge on any atom is -0.394 e. The van der Waals surface area contributed by atoms with Crippen LogP contribution in [0.1, 0.15) is 6.42 Å². The minimum absolute atomic E-state index is 0.307. The first kappa shape index (κ1) is 8.62. The zero-order valence-electron chi connectivity index (χ0n) is 5.20. The molecule has 0 fully saturated rings. The Morgan fingerprint density at radius 2 is 1.89 bits per heavy atom. The highest BCUT2D eigenvalue weighted by Gasteiger charge is 2.11. The summed E-state index contributed by atoms with van der Waals surface area (Å²) in [5.74, 6) is 0. The Labute approximate surface area is 54.3 Å². The molecule has 0 aromatic heterocycles. The number of aliphatic hydroxyl groups excluding tert-OH is 3. The van der Waals surface area contributed by atoms with Crippen LogP contribution in [0, 0.1) is 0 Å². The van der Waals surface area contributed by atoms with Crippen LogP contribution in [0.3, 0.4) is 0 Å². The summed E-state index contributed by atoms with van der Waals surface area (Å²) < 4.78 is 0. The number of rotatable bonds is 4. The van der Waals surface area contributed by atoms with Gasteiger partial charge in [-0.1, -0.05) is 6.08 Å². The fourth-order valence-electron chi connectivity index (χ4n) is 0.450. The topological polar surface area (TPSA) is 60.7 Å². The van der Waals surface area contributed by atoms with Crippen molar-refractivity contribution in [2.24, 2.45) is 0 Å². The van der Waals surface area contributed by atoms with Crippen molar-refractivity contribution in [3.05, 3.63) is 12.7 Å². The highest BCUT2D eigenvalue weighted by Crippen LogP contribution is 1.97. The van der Waals surface area contributed by atoms with Gasteiger partial charge in [0.2, 0.25) is 0 Å². The van der Waals surface area contributed by atoms with Crippen LogP contribution in [0.4, 0.5) is 0 Å². The summed E-state index contributed by atoms with van der Waals surface area (Å²) in [7, 11) is 0. The molecule has 3 nitrogen and oxygen atoms in total. The van der Waals surface area contributed by atoms with Crippen LogP contribution < -0.4 is 0 Å². The summed E-state index contributed by atoms with van der Waals surface area (Å²) in [6, 6.07) is 0. The van der Waals surface area contributed by atoms with Crippen LogP contribution in [0.15, 0.2) is 12.7 Å². The van der Waals surface area contributed by atoms with E-state index in [0.29, 0.717) is 6.42 Å².